The zero-order chi connectivity index (χ0) is 14.4. The van der Waals surface area contributed by atoms with E-state index in [2.05, 4.69) is 44.3 Å². The SMILES string of the molecule is Cc1cc(SCc2ccco2)ccc1CNCC(C)C. The molecule has 0 aliphatic heterocycles. The molecule has 2 nitrogen and oxygen atoms in total. The zero-order valence-electron chi connectivity index (χ0n) is 12.5. The standard InChI is InChI=1S/C17H23NOS/c1-13(2)10-18-11-15-6-7-17(9-14(15)3)20-12-16-5-4-8-19-16/h4-9,13,18H,10-12H2,1-3H3. The average molecular weight is 289 g/mol. The van der Waals surface area contributed by atoms with Gasteiger partial charge in [0, 0.05) is 11.4 Å². The van der Waals surface area contributed by atoms with Crippen LogP contribution in [0.1, 0.15) is 30.7 Å². The second-order valence-corrected chi connectivity index (χ2v) is 6.53. The molecule has 3 heteroatoms. The Hall–Kier alpha value is -1.19. The molecule has 2 rings (SSSR count). The number of hydrogen-bond acceptors (Lipinski definition) is 3. The lowest BCUT2D eigenvalue weighted by atomic mass is 10.1. The maximum atomic E-state index is 5.35. The minimum Gasteiger partial charge on any atom is -0.468 e. The number of rotatable bonds is 7. The van der Waals surface area contributed by atoms with Crippen LogP contribution in [-0.2, 0) is 12.3 Å². The van der Waals surface area contributed by atoms with Gasteiger partial charge in [-0.3, -0.25) is 0 Å². The third-order valence-corrected chi connectivity index (χ3v) is 4.16. The van der Waals surface area contributed by atoms with Crippen molar-refractivity contribution in [1.82, 2.24) is 5.32 Å². The van der Waals surface area contributed by atoms with Crippen molar-refractivity contribution in [2.45, 2.75) is 38.0 Å². The summed E-state index contributed by atoms with van der Waals surface area (Å²) in [5.41, 5.74) is 2.73. The van der Waals surface area contributed by atoms with Gasteiger partial charge in [-0.2, -0.15) is 0 Å². The second kappa shape index (κ2) is 7.55. The fraction of sp³-hybridized carbons (Fsp3) is 0.412. The van der Waals surface area contributed by atoms with Gasteiger partial charge in [0.2, 0.25) is 0 Å². The van der Waals surface area contributed by atoms with E-state index >= 15 is 0 Å². The van der Waals surface area contributed by atoms with Gasteiger partial charge in [-0.25, -0.2) is 0 Å². The van der Waals surface area contributed by atoms with E-state index in [9.17, 15) is 0 Å². The topological polar surface area (TPSA) is 25.2 Å². The Morgan fingerprint density at radius 2 is 2.10 bits per heavy atom. The second-order valence-electron chi connectivity index (χ2n) is 5.48. The van der Waals surface area contributed by atoms with E-state index in [4.69, 9.17) is 4.42 Å². The molecule has 0 saturated heterocycles. The molecule has 0 amide bonds. The van der Waals surface area contributed by atoms with E-state index in [0.29, 0.717) is 5.92 Å². The van der Waals surface area contributed by atoms with Crippen LogP contribution in [0.25, 0.3) is 0 Å². The van der Waals surface area contributed by atoms with E-state index in [1.165, 1.54) is 16.0 Å². The van der Waals surface area contributed by atoms with Crippen molar-refractivity contribution in [2.75, 3.05) is 6.54 Å². The maximum Gasteiger partial charge on any atom is 0.113 e. The molecule has 0 aliphatic rings. The molecule has 1 aromatic heterocycles. The van der Waals surface area contributed by atoms with Gasteiger partial charge in [-0.05, 0) is 54.8 Å². The highest BCUT2D eigenvalue weighted by Gasteiger charge is 2.03. The van der Waals surface area contributed by atoms with Crippen LogP contribution in [0.15, 0.2) is 45.9 Å². The largest absolute Gasteiger partial charge is 0.468 e. The van der Waals surface area contributed by atoms with Gasteiger partial charge >= 0.3 is 0 Å². The van der Waals surface area contributed by atoms with Crippen LogP contribution in [0.5, 0.6) is 0 Å². The molecule has 0 unspecified atom stereocenters. The first-order valence-electron chi connectivity index (χ1n) is 7.10. The summed E-state index contributed by atoms with van der Waals surface area (Å²) in [6.45, 7) is 8.66. The Morgan fingerprint density at radius 1 is 1.25 bits per heavy atom. The fourth-order valence-electron chi connectivity index (χ4n) is 2.00. The highest BCUT2D eigenvalue weighted by Crippen LogP contribution is 2.25. The number of hydrogen-bond donors (Lipinski definition) is 1. The smallest absolute Gasteiger partial charge is 0.113 e. The lowest BCUT2D eigenvalue weighted by Gasteiger charge is -2.11. The van der Waals surface area contributed by atoms with E-state index in [0.717, 1.165) is 24.6 Å². The van der Waals surface area contributed by atoms with Gasteiger partial charge in [-0.15, -0.1) is 11.8 Å². The summed E-state index contributed by atoms with van der Waals surface area (Å²) < 4.78 is 5.35. The molecule has 1 heterocycles. The highest BCUT2D eigenvalue weighted by molar-refractivity contribution is 7.98. The van der Waals surface area contributed by atoms with E-state index < -0.39 is 0 Å². The predicted molar refractivity (Wildman–Crippen MR) is 86.0 cm³/mol. The van der Waals surface area contributed by atoms with Crippen LogP contribution in [0.2, 0.25) is 0 Å². The van der Waals surface area contributed by atoms with Crippen LogP contribution in [0, 0.1) is 12.8 Å². The number of thioether (sulfide) groups is 1. The lowest BCUT2D eigenvalue weighted by molar-refractivity contribution is 0.530. The predicted octanol–water partition coefficient (Wildman–Crippen LogP) is 4.63. The van der Waals surface area contributed by atoms with Crippen LogP contribution in [-0.4, -0.2) is 6.54 Å². The molecule has 0 radical (unpaired) electrons. The van der Waals surface area contributed by atoms with Crippen molar-refractivity contribution in [3.8, 4) is 0 Å². The first-order chi connectivity index (χ1) is 9.65. The molecule has 20 heavy (non-hydrogen) atoms. The lowest BCUT2D eigenvalue weighted by Crippen LogP contribution is -2.19. The third kappa shape index (κ3) is 4.73. The van der Waals surface area contributed by atoms with Crippen LogP contribution in [0.4, 0.5) is 0 Å². The van der Waals surface area contributed by atoms with Gasteiger partial charge in [0.05, 0.1) is 12.0 Å². The number of nitrogens with one attached hydrogen (secondary N) is 1. The van der Waals surface area contributed by atoms with E-state index in [1.54, 1.807) is 6.26 Å². The highest BCUT2D eigenvalue weighted by atomic mass is 32.2. The zero-order valence-corrected chi connectivity index (χ0v) is 13.3. The van der Waals surface area contributed by atoms with Gasteiger partial charge in [-0.1, -0.05) is 19.9 Å². The molecule has 0 bridgehead atoms. The van der Waals surface area contributed by atoms with Crippen molar-refractivity contribution < 1.29 is 4.42 Å². The summed E-state index contributed by atoms with van der Waals surface area (Å²) in [5.74, 6) is 2.60. The molecule has 0 spiro atoms. The molecule has 0 atom stereocenters. The normalized spacial score (nSPS) is 11.2. The van der Waals surface area contributed by atoms with Crippen molar-refractivity contribution in [3.63, 3.8) is 0 Å². The quantitative estimate of drug-likeness (QED) is 0.753. The molecular weight excluding hydrogens is 266 g/mol. The van der Waals surface area contributed by atoms with Gasteiger partial charge in [0.25, 0.3) is 0 Å². The first-order valence-corrected chi connectivity index (χ1v) is 8.09. The Bertz CT molecular complexity index is 520. The maximum absolute atomic E-state index is 5.35. The third-order valence-electron chi connectivity index (χ3n) is 3.14. The molecule has 1 aromatic carbocycles. The van der Waals surface area contributed by atoms with E-state index in [-0.39, 0.29) is 0 Å². The summed E-state index contributed by atoms with van der Waals surface area (Å²) in [7, 11) is 0. The minimum atomic E-state index is 0.693. The Morgan fingerprint density at radius 3 is 2.75 bits per heavy atom. The molecule has 108 valence electrons. The summed E-state index contributed by atoms with van der Waals surface area (Å²) in [6.07, 6.45) is 1.73. The summed E-state index contributed by atoms with van der Waals surface area (Å²) in [6, 6.07) is 10.6. The summed E-state index contributed by atoms with van der Waals surface area (Å²) in [5, 5.41) is 3.49. The molecule has 1 N–H and O–H groups in total. The molecule has 0 aliphatic carbocycles. The van der Waals surface area contributed by atoms with Crippen LogP contribution in [0.3, 0.4) is 0 Å². The summed E-state index contributed by atoms with van der Waals surface area (Å²) >= 11 is 1.82. The summed E-state index contributed by atoms with van der Waals surface area (Å²) in [4.78, 5) is 1.30. The van der Waals surface area contributed by atoms with Gasteiger partial charge in [0.15, 0.2) is 0 Å². The number of benzene rings is 1. The molecule has 0 saturated carbocycles. The number of aryl methyl sites for hydroxylation is 1. The van der Waals surface area contributed by atoms with E-state index in [1.807, 2.05) is 23.9 Å². The Kier molecular flexibility index (Phi) is 5.74. The monoisotopic (exact) mass is 289 g/mol. The first kappa shape index (κ1) is 15.2. The Balaban J connectivity index is 1.88. The number of furan rings is 1. The van der Waals surface area contributed by atoms with Gasteiger partial charge in [0.1, 0.15) is 5.76 Å². The molecule has 2 aromatic rings. The Labute approximate surface area is 126 Å². The molecular formula is C17H23NOS. The minimum absolute atomic E-state index is 0.693. The van der Waals surface area contributed by atoms with Crippen molar-refractivity contribution in [1.29, 1.82) is 0 Å². The van der Waals surface area contributed by atoms with Gasteiger partial charge < -0.3 is 9.73 Å². The van der Waals surface area contributed by atoms with Crippen LogP contribution < -0.4 is 5.32 Å². The van der Waals surface area contributed by atoms with Crippen molar-refractivity contribution in [3.05, 3.63) is 53.5 Å². The van der Waals surface area contributed by atoms with Crippen molar-refractivity contribution >= 4 is 11.8 Å². The fourth-order valence-corrected chi connectivity index (χ4v) is 2.90. The van der Waals surface area contributed by atoms with Crippen molar-refractivity contribution in [2.24, 2.45) is 5.92 Å². The molecule has 0 fully saturated rings. The van der Waals surface area contributed by atoms with Crippen LogP contribution >= 0.6 is 11.8 Å². The average Bonchev–Trinajstić information content (AvgIpc) is 2.91.